The summed E-state index contributed by atoms with van der Waals surface area (Å²) in [6, 6.07) is 17.4. The molecule has 4 rings (SSSR count). The molecule has 2 heterocycles. The molecule has 2 amide bonds. The number of carbonyl (C=O) groups is 2. The Morgan fingerprint density at radius 2 is 1.82 bits per heavy atom. The number of carbonyl (C=O) groups excluding carboxylic acids is 2. The van der Waals surface area contributed by atoms with E-state index in [-0.39, 0.29) is 11.7 Å². The third kappa shape index (κ3) is 5.81. The van der Waals surface area contributed by atoms with E-state index in [4.69, 9.17) is 0 Å². The second-order valence-electron chi connectivity index (χ2n) is 8.18. The number of amides is 2. The van der Waals surface area contributed by atoms with Gasteiger partial charge in [0.15, 0.2) is 0 Å². The highest BCUT2D eigenvalue weighted by atomic mass is 19.1. The molecule has 1 N–H and O–H groups in total. The zero-order valence-electron chi connectivity index (χ0n) is 18.4. The average molecular weight is 447 g/mol. The molecule has 3 aromatic rings. The number of hydrogen-bond acceptors (Lipinski definition) is 4. The molecule has 0 unspecified atom stereocenters. The van der Waals surface area contributed by atoms with Crippen molar-refractivity contribution in [3.63, 3.8) is 0 Å². The molecule has 1 aromatic heterocycles. The Kier molecular flexibility index (Phi) is 7.42. The van der Waals surface area contributed by atoms with Crippen LogP contribution in [0.4, 0.5) is 15.8 Å². The molecule has 1 saturated heterocycles. The molecule has 1 fully saturated rings. The zero-order chi connectivity index (χ0) is 23.0. The minimum absolute atomic E-state index is 0.109. The summed E-state index contributed by atoms with van der Waals surface area (Å²) in [5.74, 6) is 0.129. The smallest absolute Gasteiger partial charge is 0.258 e. The molecule has 0 atom stereocenters. The third-order valence-corrected chi connectivity index (χ3v) is 6.13. The van der Waals surface area contributed by atoms with Gasteiger partial charge in [-0.05, 0) is 85.9 Å². The molecule has 33 heavy (non-hydrogen) atoms. The minimum Gasteiger partial charge on any atom is -0.329 e. The van der Waals surface area contributed by atoms with E-state index in [9.17, 15) is 14.0 Å². The van der Waals surface area contributed by atoms with E-state index in [2.05, 4.69) is 15.2 Å². The first-order chi connectivity index (χ1) is 16.1. The molecule has 1 aliphatic rings. The van der Waals surface area contributed by atoms with E-state index < -0.39 is 0 Å². The Hall–Kier alpha value is -3.58. The second kappa shape index (κ2) is 10.8. The van der Waals surface area contributed by atoms with Crippen molar-refractivity contribution >= 4 is 23.7 Å². The zero-order valence-corrected chi connectivity index (χ0v) is 18.4. The van der Waals surface area contributed by atoms with Gasteiger partial charge in [-0.2, -0.15) is 0 Å². The molecule has 1 aliphatic heterocycles. The van der Waals surface area contributed by atoms with Gasteiger partial charge in [0, 0.05) is 30.5 Å². The van der Waals surface area contributed by atoms with Gasteiger partial charge in [-0.25, -0.2) is 4.39 Å². The van der Waals surface area contributed by atoms with Gasteiger partial charge < -0.3 is 15.1 Å². The molecular formula is C26H27FN4O2. The van der Waals surface area contributed by atoms with Crippen molar-refractivity contribution in [1.82, 2.24) is 9.88 Å². The highest BCUT2D eigenvalue weighted by Crippen LogP contribution is 2.28. The average Bonchev–Trinajstić information content (AvgIpc) is 2.86. The number of nitrogens with zero attached hydrogens (tertiary/aromatic N) is 3. The number of piperidine rings is 1. The van der Waals surface area contributed by atoms with E-state index in [1.54, 1.807) is 41.6 Å². The maximum Gasteiger partial charge on any atom is 0.258 e. The van der Waals surface area contributed by atoms with Gasteiger partial charge in [-0.1, -0.05) is 12.1 Å². The quantitative estimate of drug-likeness (QED) is 0.524. The Morgan fingerprint density at radius 3 is 2.45 bits per heavy atom. The minimum atomic E-state index is -0.203. The molecular weight excluding hydrogens is 419 g/mol. The summed E-state index contributed by atoms with van der Waals surface area (Å²) in [5, 5.41) is 2.58. The topological polar surface area (TPSA) is 65.5 Å². The van der Waals surface area contributed by atoms with E-state index in [0.717, 1.165) is 38.2 Å². The summed E-state index contributed by atoms with van der Waals surface area (Å²) in [7, 11) is 0. The number of likely N-dealkylation sites (tertiary alicyclic amines) is 1. The van der Waals surface area contributed by atoms with Crippen LogP contribution in [0.3, 0.4) is 0 Å². The van der Waals surface area contributed by atoms with Crippen molar-refractivity contribution in [2.45, 2.75) is 18.8 Å². The van der Waals surface area contributed by atoms with Crippen LogP contribution in [-0.2, 0) is 4.79 Å². The standard InChI is InChI=1S/C26H27FN4O2/c27-23-7-3-20(4-8-23)21-11-14-30(15-12-21)16-17-31(25-2-1-13-28-18-25)26(33)22-5-9-24(10-6-22)29-19-32/h1-10,13,18-19,21H,11-12,14-17H2,(H,29,32). The van der Waals surface area contributed by atoms with Gasteiger partial charge >= 0.3 is 0 Å². The van der Waals surface area contributed by atoms with E-state index in [1.165, 1.54) is 17.7 Å². The fourth-order valence-corrected chi connectivity index (χ4v) is 4.26. The normalized spacial score (nSPS) is 14.6. The van der Waals surface area contributed by atoms with E-state index in [1.807, 2.05) is 24.3 Å². The molecule has 0 radical (unpaired) electrons. The molecule has 0 spiro atoms. The summed E-state index contributed by atoms with van der Waals surface area (Å²) in [4.78, 5) is 32.2. The number of halogens is 1. The molecule has 6 nitrogen and oxygen atoms in total. The van der Waals surface area contributed by atoms with Crippen LogP contribution in [0.25, 0.3) is 0 Å². The molecule has 7 heteroatoms. The Bertz CT molecular complexity index is 1050. The number of aromatic nitrogens is 1. The van der Waals surface area contributed by atoms with E-state index in [0.29, 0.717) is 30.1 Å². The fourth-order valence-electron chi connectivity index (χ4n) is 4.26. The third-order valence-electron chi connectivity index (χ3n) is 6.13. The Morgan fingerprint density at radius 1 is 1.09 bits per heavy atom. The maximum atomic E-state index is 13.3. The first kappa shape index (κ1) is 22.6. The van der Waals surface area contributed by atoms with Crippen LogP contribution in [-0.4, -0.2) is 48.4 Å². The number of nitrogens with one attached hydrogen (secondary N) is 1. The molecule has 0 bridgehead atoms. The van der Waals surface area contributed by atoms with Crippen molar-refractivity contribution in [3.05, 3.63) is 90.0 Å². The van der Waals surface area contributed by atoms with Crippen LogP contribution < -0.4 is 10.2 Å². The molecule has 0 aliphatic carbocycles. The lowest BCUT2D eigenvalue weighted by Gasteiger charge is -2.34. The molecule has 0 saturated carbocycles. The van der Waals surface area contributed by atoms with Crippen molar-refractivity contribution in [3.8, 4) is 0 Å². The highest BCUT2D eigenvalue weighted by Gasteiger charge is 2.23. The molecule has 170 valence electrons. The summed E-state index contributed by atoms with van der Waals surface area (Å²) in [6.07, 6.45) is 6.01. The predicted octanol–water partition coefficient (Wildman–Crippen LogP) is 4.32. The number of rotatable bonds is 8. The molecule has 2 aromatic carbocycles. The summed E-state index contributed by atoms with van der Waals surface area (Å²) in [6.45, 7) is 3.16. The van der Waals surface area contributed by atoms with Gasteiger partial charge in [0.2, 0.25) is 6.41 Å². The Labute approximate surface area is 193 Å². The SMILES string of the molecule is O=CNc1ccc(C(=O)N(CCN2CCC(c3ccc(F)cc3)CC2)c2cccnc2)cc1. The van der Waals surface area contributed by atoms with Gasteiger partial charge in [0.25, 0.3) is 5.91 Å². The van der Waals surface area contributed by atoms with Crippen LogP contribution in [0.1, 0.15) is 34.7 Å². The van der Waals surface area contributed by atoms with Crippen LogP contribution in [0.2, 0.25) is 0 Å². The van der Waals surface area contributed by atoms with Gasteiger partial charge in [0.05, 0.1) is 11.9 Å². The lowest BCUT2D eigenvalue weighted by molar-refractivity contribution is -0.105. The predicted molar refractivity (Wildman–Crippen MR) is 127 cm³/mol. The van der Waals surface area contributed by atoms with Crippen LogP contribution in [0.5, 0.6) is 0 Å². The van der Waals surface area contributed by atoms with Gasteiger partial charge in [-0.15, -0.1) is 0 Å². The maximum absolute atomic E-state index is 13.3. The summed E-state index contributed by atoms with van der Waals surface area (Å²) in [5.41, 5.74) is 3.12. The summed E-state index contributed by atoms with van der Waals surface area (Å²) >= 11 is 0. The van der Waals surface area contributed by atoms with Gasteiger partial charge in [0.1, 0.15) is 5.82 Å². The largest absolute Gasteiger partial charge is 0.329 e. The number of hydrogen-bond donors (Lipinski definition) is 1. The van der Waals surface area contributed by atoms with Gasteiger partial charge in [-0.3, -0.25) is 14.6 Å². The first-order valence-corrected chi connectivity index (χ1v) is 11.1. The van der Waals surface area contributed by atoms with Crippen molar-refractivity contribution in [2.24, 2.45) is 0 Å². The number of anilines is 2. The number of benzene rings is 2. The first-order valence-electron chi connectivity index (χ1n) is 11.1. The lowest BCUT2D eigenvalue weighted by Crippen LogP contribution is -2.41. The number of pyridine rings is 1. The lowest BCUT2D eigenvalue weighted by atomic mass is 9.89. The van der Waals surface area contributed by atoms with E-state index >= 15 is 0 Å². The van der Waals surface area contributed by atoms with Crippen LogP contribution >= 0.6 is 0 Å². The van der Waals surface area contributed by atoms with Crippen LogP contribution in [0, 0.1) is 5.82 Å². The van der Waals surface area contributed by atoms with Crippen molar-refractivity contribution in [1.29, 1.82) is 0 Å². The van der Waals surface area contributed by atoms with Crippen molar-refractivity contribution in [2.75, 3.05) is 36.4 Å². The fraction of sp³-hybridized carbons (Fsp3) is 0.269. The monoisotopic (exact) mass is 446 g/mol. The second-order valence-corrected chi connectivity index (χ2v) is 8.18. The van der Waals surface area contributed by atoms with Crippen molar-refractivity contribution < 1.29 is 14.0 Å². The highest BCUT2D eigenvalue weighted by molar-refractivity contribution is 6.06. The van der Waals surface area contributed by atoms with Crippen LogP contribution in [0.15, 0.2) is 73.1 Å². The Balaban J connectivity index is 1.40. The summed E-state index contributed by atoms with van der Waals surface area (Å²) < 4.78 is 13.2.